The average molecular weight is 793 g/mol. The zero-order chi connectivity index (χ0) is 40.2. The Hall–Kier alpha value is -4.00. The highest BCUT2D eigenvalue weighted by atomic mass is 16.6. The fraction of sp³-hybridized carbons (Fsp3) is 0.600. The Balaban J connectivity index is 1.48. The summed E-state index contributed by atoms with van der Waals surface area (Å²) in [7, 11) is 0. The van der Waals surface area contributed by atoms with Gasteiger partial charge in [-0.15, -0.1) is 0 Å². The van der Waals surface area contributed by atoms with Crippen LogP contribution in [0.25, 0.3) is 0 Å². The molecule has 0 atom stereocenters. The third kappa shape index (κ3) is 21.9. The number of ether oxygens (including phenoxy) is 12. The first-order valence-corrected chi connectivity index (χ1v) is 18.5. The molecule has 1 heterocycles. The van der Waals surface area contributed by atoms with E-state index in [1.165, 1.54) is 0 Å². The van der Waals surface area contributed by atoms with Crippen LogP contribution in [0.15, 0.2) is 60.7 Å². The molecule has 16 heteroatoms. The van der Waals surface area contributed by atoms with Gasteiger partial charge >= 0.3 is 23.9 Å². The lowest BCUT2D eigenvalue weighted by atomic mass is 9.94. The van der Waals surface area contributed by atoms with E-state index >= 15 is 0 Å². The molecule has 1 saturated heterocycles. The van der Waals surface area contributed by atoms with Crippen LogP contribution in [0.2, 0.25) is 0 Å². The second-order valence-electron chi connectivity index (χ2n) is 13.7. The maximum absolute atomic E-state index is 12.1. The first-order valence-electron chi connectivity index (χ1n) is 18.5. The molecule has 0 amide bonds. The Morgan fingerprint density at radius 1 is 0.429 bits per heavy atom. The minimum absolute atomic E-state index is 0.0389. The zero-order valence-electron chi connectivity index (χ0n) is 32.4. The van der Waals surface area contributed by atoms with Gasteiger partial charge in [0.15, 0.2) is 0 Å². The second kappa shape index (κ2) is 27.6. The van der Waals surface area contributed by atoms with Crippen LogP contribution >= 0.6 is 0 Å². The summed E-state index contributed by atoms with van der Waals surface area (Å²) < 4.78 is 66.0. The molecule has 3 rings (SSSR count). The molecule has 0 aromatic heterocycles. The Morgan fingerprint density at radius 2 is 0.714 bits per heavy atom. The molecule has 312 valence electrons. The van der Waals surface area contributed by atoms with Gasteiger partial charge in [0.25, 0.3) is 0 Å². The molecule has 16 nitrogen and oxygen atoms in total. The topological polar surface area (TPSA) is 179 Å². The van der Waals surface area contributed by atoms with E-state index in [0.29, 0.717) is 13.2 Å². The monoisotopic (exact) mass is 792 g/mol. The number of benzene rings is 2. The summed E-state index contributed by atoms with van der Waals surface area (Å²) in [6.45, 7) is 4.48. The summed E-state index contributed by atoms with van der Waals surface area (Å²) in [5, 5.41) is 0. The van der Waals surface area contributed by atoms with Crippen molar-refractivity contribution in [3.05, 3.63) is 71.8 Å². The van der Waals surface area contributed by atoms with Crippen molar-refractivity contribution < 1.29 is 76.0 Å². The fourth-order valence-corrected chi connectivity index (χ4v) is 4.96. The predicted octanol–water partition coefficient (Wildman–Crippen LogP) is 2.72. The van der Waals surface area contributed by atoms with Crippen molar-refractivity contribution in [2.24, 2.45) is 10.8 Å². The fourth-order valence-electron chi connectivity index (χ4n) is 4.96. The van der Waals surface area contributed by atoms with Crippen molar-refractivity contribution >= 4 is 23.9 Å². The lowest BCUT2D eigenvalue weighted by molar-refractivity contribution is -0.158. The molecule has 0 radical (unpaired) electrons. The van der Waals surface area contributed by atoms with E-state index in [2.05, 4.69) is 0 Å². The maximum Gasteiger partial charge on any atom is 0.332 e. The molecule has 1 aliphatic rings. The smallest absolute Gasteiger partial charge is 0.332 e. The summed E-state index contributed by atoms with van der Waals surface area (Å²) in [5.41, 5.74) is 0.824. The van der Waals surface area contributed by atoms with Gasteiger partial charge in [-0.1, -0.05) is 74.5 Å². The van der Waals surface area contributed by atoms with Crippen LogP contribution in [-0.4, -0.2) is 143 Å². The van der Waals surface area contributed by atoms with E-state index in [9.17, 15) is 19.2 Å². The summed E-state index contributed by atoms with van der Waals surface area (Å²) in [6, 6.07) is 19.4. The highest BCUT2D eigenvalue weighted by Gasteiger charge is 2.27. The number of carbonyl (C=O) groups excluding carboxylic acids is 4. The van der Waals surface area contributed by atoms with Crippen molar-refractivity contribution in [3.8, 4) is 0 Å². The van der Waals surface area contributed by atoms with Gasteiger partial charge < -0.3 is 56.8 Å². The Kier molecular flexibility index (Phi) is 22.8. The molecule has 1 aliphatic heterocycles. The van der Waals surface area contributed by atoms with Gasteiger partial charge in [0.2, 0.25) is 0 Å². The summed E-state index contributed by atoms with van der Waals surface area (Å²) >= 11 is 0. The van der Waals surface area contributed by atoms with Crippen molar-refractivity contribution in [2.75, 3.05) is 119 Å². The summed E-state index contributed by atoms with van der Waals surface area (Å²) in [6.07, 6.45) is 0. The Bertz CT molecular complexity index is 1230. The lowest BCUT2D eigenvalue weighted by Crippen LogP contribution is -2.35. The number of hydrogen-bond acceptors (Lipinski definition) is 16. The Labute approximate surface area is 328 Å². The molecule has 0 unspecified atom stereocenters. The first-order chi connectivity index (χ1) is 27.1. The van der Waals surface area contributed by atoms with Gasteiger partial charge in [-0.3, -0.25) is 0 Å². The summed E-state index contributed by atoms with van der Waals surface area (Å²) in [4.78, 5) is 48.5. The van der Waals surface area contributed by atoms with Crippen LogP contribution in [-0.2, 0) is 89.2 Å². The van der Waals surface area contributed by atoms with Crippen molar-refractivity contribution in [1.29, 1.82) is 0 Å². The second-order valence-corrected chi connectivity index (χ2v) is 13.7. The van der Waals surface area contributed by atoms with Gasteiger partial charge in [0, 0.05) is 10.8 Å². The van der Waals surface area contributed by atoms with Crippen molar-refractivity contribution in [3.63, 3.8) is 0 Å². The van der Waals surface area contributed by atoms with E-state index < -0.39 is 61.1 Å². The highest BCUT2D eigenvalue weighted by molar-refractivity contribution is 5.73. The third-order valence-corrected chi connectivity index (χ3v) is 7.77. The minimum Gasteiger partial charge on any atom is -0.462 e. The molecule has 0 aliphatic carbocycles. The highest BCUT2D eigenvalue weighted by Crippen LogP contribution is 2.21. The van der Waals surface area contributed by atoms with Crippen LogP contribution in [0.3, 0.4) is 0 Å². The molecular formula is C40H56O16. The lowest BCUT2D eigenvalue weighted by Gasteiger charge is -2.29. The SMILES string of the molecule is CC1(COCc2ccccc2)COCCOC(=O)COCC(=O)OCCOCC(C)(COCc2ccccc2)COCCOC(=O)COCC(=O)OCCOC1. The van der Waals surface area contributed by atoms with Gasteiger partial charge in [0.05, 0.1) is 79.3 Å². The first kappa shape index (κ1) is 46.4. The Morgan fingerprint density at radius 3 is 1.00 bits per heavy atom. The molecule has 0 saturated carbocycles. The third-order valence-electron chi connectivity index (χ3n) is 7.77. The van der Waals surface area contributed by atoms with Gasteiger partial charge in [-0.2, -0.15) is 0 Å². The molecular weight excluding hydrogens is 736 g/mol. The number of esters is 4. The number of cyclic esters (lactones) is 4. The van der Waals surface area contributed by atoms with Crippen LogP contribution < -0.4 is 0 Å². The predicted molar refractivity (Wildman–Crippen MR) is 197 cm³/mol. The normalized spacial score (nSPS) is 23.6. The molecule has 56 heavy (non-hydrogen) atoms. The van der Waals surface area contributed by atoms with Crippen molar-refractivity contribution in [1.82, 2.24) is 0 Å². The number of carbonyl (C=O) groups is 4. The average Bonchev–Trinajstić information content (AvgIpc) is 3.18. The zero-order valence-corrected chi connectivity index (χ0v) is 32.4. The maximum atomic E-state index is 12.1. The molecule has 0 spiro atoms. The number of hydrogen-bond donors (Lipinski definition) is 0. The molecule has 2 aromatic rings. The van der Waals surface area contributed by atoms with Gasteiger partial charge in [-0.25, -0.2) is 19.2 Å². The van der Waals surface area contributed by atoms with Gasteiger partial charge in [-0.05, 0) is 11.1 Å². The largest absolute Gasteiger partial charge is 0.462 e. The van der Waals surface area contributed by atoms with E-state index in [4.69, 9.17) is 56.8 Å². The number of rotatable bonds is 8. The molecule has 0 bridgehead atoms. The van der Waals surface area contributed by atoms with Gasteiger partial charge in [0.1, 0.15) is 52.9 Å². The van der Waals surface area contributed by atoms with E-state index in [-0.39, 0.29) is 92.5 Å². The van der Waals surface area contributed by atoms with Crippen LogP contribution in [0.4, 0.5) is 0 Å². The molecule has 2 aromatic carbocycles. The molecule has 0 N–H and O–H groups in total. The molecule has 1 fully saturated rings. The van der Waals surface area contributed by atoms with E-state index in [0.717, 1.165) is 11.1 Å². The van der Waals surface area contributed by atoms with Crippen molar-refractivity contribution in [2.45, 2.75) is 27.1 Å². The minimum atomic E-state index is -0.665. The van der Waals surface area contributed by atoms with Crippen LogP contribution in [0, 0.1) is 10.8 Å². The quantitative estimate of drug-likeness (QED) is 0.281. The standard InChI is InChI=1S/C40H56O16/c1-39(31-51-21-33-9-5-3-6-10-33)27-45-13-17-53-35(41)23-49-25-37(43)55-19-15-47-29-40(2,32-52-22-34-11-7-4-8-12-34)30-48-16-20-56-38(44)26-50-24-36(42)54-18-14-46-28-39/h3-12H,13-32H2,1-2H3. The van der Waals surface area contributed by atoms with E-state index in [1.807, 2.05) is 74.5 Å². The van der Waals surface area contributed by atoms with Crippen LogP contribution in [0.5, 0.6) is 0 Å². The summed E-state index contributed by atoms with van der Waals surface area (Å²) in [5.74, 6) is -2.66. The van der Waals surface area contributed by atoms with Crippen LogP contribution in [0.1, 0.15) is 25.0 Å². The van der Waals surface area contributed by atoms with E-state index in [1.54, 1.807) is 0 Å².